The van der Waals surface area contributed by atoms with Crippen LogP contribution in [0.25, 0.3) is 0 Å². The quantitative estimate of drug-likeness (QED) is 0.844. The maximum atomic E-state index is 12.4. The second-order valence-electron chi connectivity index (χ2n) is 6.48. The monoisotopic (exact) mass is 356 g/mol. The number of rotatable bonds is 4. The molecule has 0 spiro atoms. The highest BCUT2D eigenvalue weighted by Crippen LogP contribution is 2.18. The van der Waals surface area contributed by atoms with Crippen LogP contribution in [0.1, 0.15) is 41.9 Å². The molecule has 2 N–H and O–H groups in total. The Hall–Kier alpha value is -1.60. The van der Waals surface area contributed by atoms with E-state index in [0.29, 0.717) is 30.5 Å². The van der Waals surface area contributed by atoms with E-state index in [1.807, 2.05) is 4.90 Å². The number of amides is 2. The molecule has 0 aliphatic carbocycles. The maximum absolute atomic E-state index is 12.4. The molecule has 24 heavy (non-hydrogen) atoms. The molecule has 2 fully saturated rings. The van der Waals surface area contributed by atoms with Gasteiger partial charge in [0.1, 0.15) is 5.76 Å². The van der Waals surface area contributed by atoms with Crippen molar-refractivity contribution in [2.24, 2.45) is 5.92 Å². The number of hydrogen-bond acceptors (Lipinski definition) is 5. The van der Waals surface area contributed by atoms with Crippen LogP contribution in [0.15, 0.2) is 10.6 Å². The predicted molar refractivity (Wildman–Crippen MR) is 91.1 cm³/mol. The number of nitrogens with one attached hydrogen (secondary N) is 2. The number of carbonyl (C=O) groups excluding carboxylic acids is 2. The first-order valence-corrected chi connectivity index (χ1v) is 8.37. The van der Waals surface area contributed by atoms with Gasteiger partial charge in [0.2, 0.25) is 5.91 Å². The molecule has 2 atom stereocenters. The van der Waals surface area contributed by atoms with Crippen LogP contribution >= 0.6 is 12.4 Å². The Kier molecular flexibility index (Phi) is 6.62. The number of hydrogen-bond donors (Lipinski definition) is 2. The Labute approximate surface area is 147 Å². The second-order valence-corrected chi connectivity index (χ2v) is 6.48. The Morgan fingerprint density at radius 1 is 1.42 bits per heavy atom. The third kappa shape index (κ3) is 4.48. The van der Waals surface area contributed by atoms with E-state index in [-0.39, 0.29) is 30.3 Å². The number of piperidine rings is 1. The molecule has 0 radical (unpaired) electrons. The van der Waals surface area contributed by atoms with Gasteiger partial charge >= 0.3 is 0 Å². The zero-order valence-corrected chi connectivity index (χ0v) is 14.7. The minimum Gasteiger partial charge on any atom is -0.361 e. The normalized spacial score (nSPS) is 23.6. The summed E-state index contributed by atoms with van der Waals surface area (Å²) >= 11 is 0. The lowest BCUT2D eigenvalue weighted by molar-refractivity contribution is -0.123. The van der Waals surface area contributed by atoms with Gasteiger partial charge in [-0.25, -0.2) is 0 Å². The van der Waals surface area contributed by atoms with Crippen LogP contribution in [0, 0.1) is 12.8 Å². The average Bonchev–Trinajstić information content (AvgIpc) is 3.24. The minimum absolute atomic E-state index is 0. The zero-order valence-electron chi connectivity index (χ0n) is 13.9. The van der Waals surface area contributed by atoms with Crippen LogP contribution in [0.3, 0.4) is 0 Å². The molecule has 2 aliphatic rings. The summed E-state index contributed by atoms with van der Waals surface area (Å²) in [5.41, 5.74) is 0.363. The van der Waals surface area contributed by atoms with Crippen molar-refractivity contribution in [2.45, 2.75) is 38.6 Å². The molecule has 7 nitrogen and oxygen atoms in total. The maximum Gasteiger partial charge on any atom is 0.276 e. The molecule has 134 valence electrons. The van der Waals surface area contributed by atoms with Gasteiger partial charge in [-0.05, 0) is 45.1 Å². The van der Waals surface area contributed by atoms with Gasteiger partial charge in [0.25, 0.3) is 5.91 Å². The Morgan fingerprint density at radius 3 is 2.92 bits per heavy atom. The van der Waals surface area contributed by atoms with Crippen molar-refractivity contribution in [3.8, 4) is 0 Å². The van der Waals surface area contributed by atoms with E-state index in [1.54, 1.807) is 13.0 Å². The van der Waals surface area contributed by atoms with Crippen molar-refractivity contribution in [3.63, 3.8) is 0 Å². The summed E-state index contributed by atoms with van der Waals surface area (Å²) in [6.07, 6.45) is 3.94. The Morgan fingerprint density at radius 2 is 2.25 bits per heavy atom. The molecule has 0 aromatic carbocycles. The number of aryl methyl sites for hydroxylation is 1. The Bertz CT molecular complexity index is 571. The van der Waals surface area contributed by atoms with E-state index in [2.05, 4.69) is 15.8 Å². The third-order valence-corrected chi connectivity index (χ3v) is 4.60. The molecule has 0 bridgehead atoms. The van der Waals surface area contributed by atoms with Gasteiger partial charge in [0.05, 0.1) is 6.04 Å². The summed E-state index contributed by atoms with van der Waals surface area (Å²) in [6.45, 7) is 4.71. The van der Waals surface area contributed by atoms with Crippen molar-refractivity contribution < 1.29 is 14.1 Å². The van der Waals surface area contributed by atoms with Crippen molar-refractivity contribution in [1.29, 1.82) is 0 Å². The summed E-state index contributed by atoms with van der Waals surface area (Å²) in [4.78, 5) is 26.3. The van der Waals surface area contributed by atoms with E-state index in [1.165, 1.54) is 0 Å². The number of halogens is 1. The highest BCUT2D eigenvalue weighted by molar-refractivity contribution is 5.92. The molecular weight excluding hydrogens is 332 g/mol. The van der Waals surface area contributed by atoms with Crippen LogP contribution in [0.4, 0.5) is 0 Å². The summed E-state index contributed by atoms with van der Waals surface area (Å²) in [5.74, 6) is 0.928. The van der Waals surface area contributed by atoms with Gasteiger partial charge in [-0.3, -0.25) is 9.59 Å². The highest BCUT2D eigenvalue weighted by Gasteiger charge is 2.27. The lowest BCUT2D eigenvalue weighted by Crippen LogP contribution is -2.46. The van der Waals surface area contributed by atoms with Gasteiger partial charge in [-0.15, -0.1) is 12.4 Å². The van der Waals surface area contributed by atoms with Crippen molar-refractivity contribution >= 4 is 24.2 Å². The first-order valence-electron chi connectivity index (χ1n) is 8.37. The number of aromatic nitrogens is 1. The minimum atomic E-state index is -0.0877. The first kappa shape index (κ1) is 18.7. The van der Waals surface area contributed by atoms with Crippen LogP contribution in [0.5, 0.6) is 0 Å². The van der Waals surface area contributed by atoms with Crippen LogP contribution in [-0.4, -0.2) is 54.1 Å². The fourth-order valence-electron chi connectivity index (χ4n) is 3.32. The highest BCUT2D eigenvalue weighted by atomic mass is 35.5. The molecule has 1 aromatic heterocycles. The van der Waals surface area contributed by atoms with E-state index < -0.39 is 0 Å². The SMILES string of the molecule is Cc1cc(C(=O)N2CCCC(CNC(=O)C3CCCN3)C2)no1.Cl. The summed E-state index contributed by atoms with van der Waals surface area (Å²) < 4.78 is 4.98. The van der Waals surface area contributed by atoms with Crippen molar-refractivity contribution in [3.05, 3.63) is 17.5 Å². The number of carbonyl (C=O) groups is 2. The standard InChI is InChI=1S/C16H24N4O3.ClH/c1-11-8-14(19-23-11)16(22)20-7-3-4-12(10-20)9-18-15(21)13-5-2-6-17-13;/h8,12-13,17H,2-7,9-10H2,1H3,(H,18,21);1H. The molecule has 3 heterocycles. The average molecular weight is 357 g/mol. The van der Waals surface area contributed by atoms with Crippen molar-refractivity contribution in [2.75, 3.05) is 26.2 Å². The second kappa shape index (κ2) is 8.48. The number of likely N-dealkylation sites (tertiary alicyclic amines) is 1. The summed E-state index contributed by atoms with van der Waals surface area (Å²) in [7, 11) is 0. The third-order valence-electron chi connectivity index (χ3n) is 4.60. The molecule has 2 unspecified atom stereocenters. The van der Waals surface area contributed by atoms with E-state index >= 15 is 0 Å². The molecule has 2 saturated heterocycles. The summed E-state index contributed by atoms with van der Waals surface area (Å²) in [6, 6.07) is 1.62. The van der Waals surface area contributed by atoms with Gasteiger partial charge in [-0.1, -0.05) is 5.16 Å². The largest absolute Gasteiger partial charge is 0.361 e. The lowest BCUT2D eigenvalue weighted by Gasteiger charge is -2.32. The molecular formula is C16H25ClN4O3. The molecule has 8 heteroatoms. The van der Waals surface area contributed by atoms with Gasteiger partial charge < -0.3 is 20.1 Å². The van der Waals surface area contributed by atoms with Crippen LogP contribution in [0.2, 0.25) is 0 Å². The lowest BCUT2D eigenvalue weighted by atomic mass is 9.97. The zero-order chi connectivity index (χ0) is 16.2. The smallest absolute Gasteiger partial charge is 0.276 e. The molecule has 2 amide bonds. The predicted octanol–water partition coefficient (Wildman–Crippen LogP) is 1.13. The number of nitrogens with zero attached hydrogens (tertiary/aromatic N) is 2. The van der Waals surface area contributed by atoms with Gasteiger partial charge in [0, 0.05) is 25.7 Å². The molecule has 1 aromatic rings. The van der Waals surface area contributed by atoms with Crippen LogP contribution in [-0.2, 0) is 4.79 Å². The molecule has 0 saturated carbocycles. The van der Waals surface area contributed by atoms with Crippen LogP contribution < -0.4 is 10.6 Å². The van der Waals surface area contributed by atoms with E-state index in [0.717, 1.165) is 38.8 Å². The Balaban J connectivity index is 0.00000208. The fourth-order valence-corrected chi connectivity index (χ4v) is 3.32. The fraction of sp³-hybridized carbons (Fsp3) is 0.688. The molecule has 2 aliphatic heterocycles. The van der Waals surface area contributed by atoms with E-state index in [4.69, 9.17) is 4.52 Å². The van der Waals surface area contributed by atoms with Crippen molar-refractivity contribution in [1.82, 2.24) is 20.7 Å². The summed E-state index contributed by atoms with van der Waals surface area (Å²) in [5, 5.41) is 10.0. The van der Waals surface area contributed by atoms with Gasteiger partial charge in [-0.2, -0.15) is 0 Å². The molecule has 3 rings (SSSR count). The van der Waals surface area contributed by atoms with E-state index in [9.17, 15) is 9.59 Å². The first-order chi connectivity index (χ1) is 11.1. The van der Waals surface area contributed by atoms with Gasteiger partial charge in [0.15, 0.2) is 5.69 Å². The topological polar surface area (TPSA) is 87.5 Å².